The van der Waals surface area contributed by atoms with Crippen molar-refractivity contribution in [1.29, 1.82) is 0 Å². The standard InChI is InChI=1S/C37H36N2O2P/c1-28-38-34-35(37(41)33-25-15-14-24-32(33)36(34)40)39(28)26-16-3-2-4-17-27-42(29-18-8-5-9-19-29,30-20-10-6-11-21-30)31-22-12-7-13-23-31/h5-15,18-25H,2-4,16-17,26-27H2,1H3/q+1. The van der Waals surface area contributed by atoms with Gasteiger partial charge in [-0.05, 0) is 62.6 Å². The lowest BCUT2D eigenvalue weighted by Gasteiger charge is -2.27. The van der Waals surface area contributed by atoms with Gasteiger partial charge in [-0.2, -0.15) is 0 Å². The lowest BCUT2D eigenvalue weighted by atomic mass is 9.90. The first-order valence-corrected chi connectivity index (χ1v) is 16.9. The minimum atomic E-state index is -1.79. The van der Waals surface area contributed by atoms with Gasteiger partial charge in [-0.3, -0.25) is 9.59 Å². The van der Waals surface area contributed by atoms with Crippen molar-refractivity contribution < 1.29 is 9.59 Å². The summed E-state index contributed by atoms with van der Waals surface area (Å²) in [7, 11) is -1.79. The monoisotopic (exact) mass is 571 g/mol. The van der Waals surface area contributed by atoms with Gasteiger partial charge < -0.3 is 4.57 Å². The first-order valence-electron chi connectivity index (χ1n) is 14.9. The van der Waals surface area contributed by atoms with E-state index in [2.05, 4.69) is 96.0 Å². The molecule has 210 valence electrons. The number of fused-ring (bicyclic) bond motifs is 2. The molecule has 4 nitrogen and oxygen atoms in total. The molecule has 1 heterocycles. The van der Waals surface area contributed by atoms with Crippen LogP contribution in [-0.2, 0) is 6.54 Å². The highest BCUT2D eigenvalue weighted by atomic mass is 31.2. The van der Waals surface area contributed by atoms with Crippen molar-refractivity contribution in [3.8, 4) is 0 Å². The van der Waals surface area contributed by atoms with Crippen molar-refractivity contribution in [3.05, 3.63) is 144 Å². The van der Waals surface area contributed by atoms with E-state index in [1.807, 2.05) is 17.6 Å². The molecule has 0 aliphatic heterocycles. The Balaban J connectivity index is 1.13. The number of imidazole rings is 1. The predicted molar refractivity (Wildman–Crippen MR) is 173 cm³/mol. The van der Waals surface area contributed by atoms with Crippen LogP contribution in [0.3, 0.4) is 0 Å². The third-order valence-corrected chi connectivity index (χ3v) is 13.0. The van der Waals surface area contributed by atoms with Gasteiger partial charge in [0, 0.05) is 17.7 Å². The first kappa shape index (κ1) is 28.0. The molecule has 0 saturated heterocycles. The summed E-state index contributed by atoms with van der Waals surface area (Å²) in [6.45, 7) is 2.59. The van der Waals surface area contributed by atoms with Crippen molar-refractivity contribution in [2.75, 3.05) is 6.16 Å². The highest BCUT2D eigenvalue weighted by Gasteiger charge is 2.44. The van der Waals surface area contributed by atoms with Gasteiger partial charge in [0.2, 0.25) is 11.6 Å². The summed E-state index contributed by atoms with van der Waals surface area (Å²) in [5.41, 5.74) is 1.71. The molecule has 0 bridgehead atoms. The molecule has 6 rings (SSSR count). The maximum Gasteiger partial charge on any atom is 0.214 e. The van der Waals surface area contributed by atoms with Gasteiger partial charge in [0.1, 0.15) is 40.4 Å². The summed E-state index contributed by atoms with van der Waals surface area (Å²) in [5.74, 6) is 0.491. The van der Waals surface area contributed by atoms with Crippen LogP contribution in [0.4, 0.5) is 0 Å². The van der Waals surface area contributed by atoms with Crippen LogP contribution >= 0.6 is 7.26 Å². The van der Waals surface area contributed by atoms with E-state index in [1.165, 1.54) is 15.9 Å². The van der Waals surface area contributed by atoms with Crippen molar-refractivity contribution in [2.24, 2.45) is 0 Å². The topological polar surface area (TPSA) is 52.0 Å². The molecule has 0 spiro atoms. The third kappa shape index (κ3) is 5.16. The molecule has 0 N–H and O–H groups in total. The summed E-state index contributed by atoms with van der Waals surface area (Å²) < 4.78 is 1.96. The van der Waals surface area contributed by atoms with Crippen LogP contribution in [0, 0.1) is 6.92 Å². The van der Waals surface area contributed by atoms with E-state index >= 15 is 0 Å². The first-order chi connectivity index (χ1) is 20.6. The number of hydrogen-bond donors (Lipinski definition) is 0. The number of rotatable bonds is 11. The number of carbonyl (C=O) groups excluding carboxylic acids is 2. The average Bonchev–Trinajstić information content (AvgIpc) is 3.38. The molecule has 0 atom stereocenters. The molecule has 1 aromatic heterocycles. The number of nitrogens with zero attached hydrogens (tertiary/aromatic N) is 2. The molecule has 0 radical (unpaired) electrons. The maximum absolute atomic E-state index is 13.3. The highest BCUT2D eigenvalue weighted by molar-refractivity contribution is 7.95. The molecule has 5 heteroatoms. The molecule has 4 aromatic carbocycles. The van der Waals surface area contributed by atoms with E-state index in [-0.39, 0.29) is 11.6 Å². The fraction of sp³-hybridized carbons (Fsp3) is 0.216. The number of hydrogen-bond acceptors (Lipinski definition) is 3. The molecule has 0 unspecified atom stereocenters. The van der Waals surface area contributed by atoms with Crippen molar-refractivity contribution >= 4 is 34.7 Å². The molecule has 5 aromatic rings. The minimum absolute atomic E-state index is 0.0937. The Hall–Kier alpha value is -4.14. The minimum Gasteiger partial charge on any atom is -0.325 e. The Morgan fingerprint density at radius 2 is 1.02 bits per heavy atom. The number of unbranched alkanes of at least 4 members (excludes halogenated alkanes) is 4. The summed E-state index contributed by atoms with van der Waals surface area (Å²) in [4.78, 5) is 30.8. The maximum atomic E-state index is 13.3. The van der Waals surface area contributed by atoms with Gasteiger partial charge >= 0.3 is 0 Å². The van der Waals surface area contributed by atoms with Crippen LogP contribution in [0.2, 0.25) is 0 Å². The van der Waals surface area contributed by atoms with Crippen LogP contribution in [-0.4, -0.2) is 27.3 Å². The van der Waals surface area contributed by atoms with Crippen molar-refractivity contribution in [1.82, 2.24) is 9.55 Å². The van der Waals surface area contributed by atoms with E-state index in [4.69, 9.17) is 0 Å². The lowest BCUT2D eigenvalue weighted by molar-refractivity contribution is 0.0970. The zero-order valence-electron chi connectivity index (χ0n) is 24.1. The van der Waals surface area contributed by atoms with E-state index in [9.17, 15) is 9.59 Å². The molecule has 1 aliphatic carbocycles. The van der Waals surface area contributed by atoms with Gasteiger partial charge in [-0.1, -0.05) is 91.7 Å². The van der Waals surface area contributed by atoms with E-state index in [0.29, 0.717) is 29.1 Å². The lowest BCUT2D eigenvalue weighted by Crippen LogP contribution is -2.33. The Labute approximate surface area is 248 Å². The smallest absolute Gasteiger partial charge is 0.214 e. The second-order valence-electron chi connectivity index (χ2n) is 11.0. The fourth-order valence-corrected chi connectivity index (χ4v) is 10.8. The molecule has 1 aliphatic rings. The van der Waals surface area contributed by atoms with Gasteiger partial charge in [0.15, 0.2) is 0 Å². The van der Waals surface area contributed by atoms with Crippen LogP contribution < -0.4 is 15.9 Å². The number of carbonyl (C=O) groups is 2. The molecular formula is C37H36N2O2P+. The normalized spacial score (nSPS) is 12.7. The van der Waals surface area contributed by atoms with Gasteiger partial charge in [-0.15, -0.1) is 0 Å². The van der Waals surface area contributed by atoms with Crippen LogP contribution in [0.5, 0.6) is 0 Å². The van der Waals surface area contributed by atoms with Gasteiger partial charge in [-0.25, -0.2) is 4.98 Å². The molecule has 42 heavy (non-hydrogen) atoms. The van der Waals surface area contributed by atoms with E-state index in [0.717, 1.165) is 44.1 Å². The van der Waals surface area contributed by atoms with E-state index < -0.39 is 7.26 Å². The third-order valence-electron chi connectivity index (χ3n) is 8.47. The summed E-state index contributed by atoms with van der Waals surface area (Å²) in [5, 5.41) is 4.30. The zero-order valence-corrected chi connectivity index (χ0v) is 25.0. The van der Waals surface area contributed by atoms with E-state index in [1.54, 1.807) is 18.2 Å². The molecular weight excluding hydrogens is 535 g/mol. The number of aromatic nitrogens is 2. The Bertz CT molecular complexity index is 1600. The highest BCUT2D eigenvalue weighted by Crippen LogP contribution is 2.56. The Morgan fingerprint density at radius 1 is 0.571 bits per heavy atom. The van der Waals surface area contributed by atoms with Crippen LogP contribution in [0.15, 0.2) is 115 Å². The summed E-state index contributed by atoms with van der Waals surface area (Å²) in [6, 6.07) is 40.3. The second-order valence-corrected chi connectivity index (χ2v) is 14.6. The fourth-order valence-electron chi connectivity index (χ4n) is 6.39. The summed E-state index contributed by atoms with van der Waals surface area (Å²) >= 11 is 0. The van der Waals surface area contributed by atoms with Gasteiger partial charge in [0.05, 0.1) is 6.16 Å². The van der Waals surface area contributed by atoms with Gasteiger partial charge in [0.25, 0.3) is 0 Å². The SMILES string of the molecule is Cc1nc2c(n1CCCCCCC[P+](c1ccccc1)(c1ccccc1)c1ccccc1)C(=O)c1ccccc1C2=O. The zero-order chi connectivity index (χ0) is 28.9. The molecule has 0 amide bonds. The van der Waals surface area contributed by atoms with Crippen molar-refractivity contribution in [3.63, 3.8) is 0 Å². The van der Waals surface area contributed by atoms with Crippen LogP contribution in [0.1, 0.15) is 70.0 Å². The number of aryl methyl sites for hydroxylation is 1. The average molecular weight is 572 g/mol. The number of benzene rings is 4. The molecule has 0 saturated carbocycles. The summed E-state index contributed by atoms with van der Waals surface area (Å²) in [6.07, 6.45) is 6.58. The second kappa shape index (κ2) is 12.4. The van der Waals surface area contributed by atoms with Crippen molar-refractivity contribution in [2.45, 2.75) is 45.6 Å². The Morgan fingerprint density at radius 3 is 1.57 bits per heavy atom. The quantitative estimate of drug-likeness (QED) is 0.125. The van der Waals surface area contributed by atoms with Crippen LogP contribution in [0.25, 0.3) is 0 Å². The Kier molecular flexibility index (Phi) is 8.26. The number of ketones is 2. The predicted octanol–water partition coefficient (Wildman–Crippen LogP) is 6.91. The largest absolute Gasteiger partial charge is 0.325 e. The molecule has 0 fully saturated rings.